The Labute approximate surface area is 222 Å². The quantitative estimate of drug-likeness (QED) is 0.356. The maximum Gasteiger partial charge on any atom is 0.257 e. The molecule has 2 fully saturated rings. The molecule has 3 heterocycles. The molecule has 0 bridgehead atoms. The largest absolute Gasteiger partial charge is 0.359 e. The second-order valence-corrected chi connectivity index (χ2v) is 10.0. The van der Waals surface area contributed by atoms with Gasteiger partial charge in [0.05, 0.1) is 6.54 Å². The SMILES string of the molecule is Cc1cc2ccc(NC(=NC3CCCCN(CC(=O)N4CCCC4)C3=O)NC(=O)c3ccccc3)cc2[nH]1. The number of amides is 3. The molecule has 2 aliphatic heterocycles. The summed E-state index contributed by atoms with van der Waals surface area (Å²) in [7, 11) is 0. The van der Waals surface area contributed by atoms with Gasteiger partial charge in [0.15, 0.2) is 0 Å². The van der Waals surface area contributed by atoms with Gasteiger partial charge in [-0.15, -0.1) is 0 Å². The summed E-state index contributed by atoms with van der Waals surface area (Å²) in [5.41, 5.74) is 3.23. The number of hydrogen-bond donors (Lipinski definition) is 3. The van der Waals surface area contributed by atoms with E-state index in [1.165, 1.54) is 0 Å². The van der Waals surface area contributed by atoms with E-state index in [0.29, 0.717) is 18.5 Å². The van der Waals surface area contributed by atoms with E-state index in [2.05, 4.69) is 21.7 Å². The molecule has 9 heteroatoms. The Hall–Kier alpha value is -4.14. The predicted octanol–water partition coefficient (Wildman–Crippen LogP) is 3.68. The first-order chi connectivity index (χ1) is 18.5. The first-order valence-corrected chi connectivity index (χ1v) is 13.3. The van der Waals surface area contributed by atoms with Gasteiger partial charge in [-0.3, -0.25) is 19.7 Å². The third-order valence-corrected chi connectivity index (χ3v) is 7.11. The maximum atomic E-state index is 13.5. The zero-order valence-corrected chi connectivity index (χ0v) is 21.7. The van der Waals surface area contributed by atoms with Crippen LogP contribution in [0.25, 0.3) is 10.9 Å². The van der Waals surface area contributed by atoms with Crippen molar-refractivity contribution in [3.05, 3.63) is 65.9 Å². The number of carbonyl (C=O) groups excluding carboxylic acids is 3. The highest BCUT2D eigenvalue weighted by Crippen LogP contribution is 2.21. The summed E-state index contributed by atoms with van der Waals surface area (Å²) in [5.74, 6) is -0.312. The molecule has 1 unspecified atom stereocenters. The fraction of sp³-hybridized carbons (Fsp3) is 0.379. The highest BCUT2D eigenvalue weighted by Gasteiger charge is 2.30. The predicted molar refractivity (Wildman–Crippen MR) is 148 cm³/mol. The first kappa shape index (κ1) is 25.5. The molecule has 0 spiro atoms. The highest BCUT2D eigenvalue weighted by atomic mass is 16.2. The number of likely N-dealkylation sites (tertiary alicyclic amines) is 2. The minimum Gasteiger partial charge on any atom is -0.359 e. The number of carbonyl (C=O) groups is 3. The van der Waals surface area contributed by atoms with Crippen molar-refractivity contribution in [3.8, 4) is 0 Å². The average molecular weight is 515 g/mol. The molecule has 1 atom stereocenters. The molecule has 9 nitrogen and oxygen atoms in total. The van der Waals surface area contributed by atoms with Crippen molar-refractivity contribution in [2.45, 2.75) is 45.1 Å². The van der Waals surface area contributed by atoms with Crippen molar-refractivity contribution in [2.75, 3.05) is 31.5 Å². The number of anilines is 1. The number of aromatic amines is 1. The Balaban J connectivity index is 1.39. The van der Waals surface area contributed by atoms with Crippen LogP contribution in [0, 0.1) is 6.92 Å². The number of rotatable bonds is 5. The normalized spacial score (nSPS) is 18.5. The van der Waals surface area contributed by atoms with Crippen LogP contribution >= 0.6 is 0 Å². The van der Waals surface area contributed by atoms with Crippen LogP contribution in [-0.2, 0) is 9.59 Å². The lowest BCUT2D eigenvalue weighted by Gasteiger charge is -2.25. The minimum absolute atomic E-state index is 0.00856. The Morgan fingerprint density at radius 3 is 2.55 bits per heavy atom. The second-order valence-electron chi connectivity index (χ2n) is 10.0. The summed E-state index contributed by atoms with van der Waals surface area (Å²) in [6, 6.07) is 16.1. The number of aliphatic imine (C=N–C) groups is 1. The third-order valence-electron chi connectivity index (χ3n) is 7.11. The van der Waals surface area contributed by atoms with Crippen molar-refractivity contribution in [2.24, 2.45) is 4.99 Å². The van der Waals surface area contributed by atoms with E-state index >= 15 is 0 Å². The standard InChI is InChI=1S/C29H34N6O3/c1-20-17-22-12-13-23(18-25(22)30-20)31-29(33-27(37)21-9-3-2-4-10-21)32-24-11-5-6-16-35(28(24)38)19-26(36)34-14-7-8-15-34/h2-4,9-10,12-13,17-18,24,30H,5-8,11,14-16,19H2,1H3,(H2,31,32,33,37). The summed E-state index contributed by atoms with van der Waals surface area (Å²) >= 11 is 0. The number of hydrogen-bond acceptors (Lipinski definition) is 4. The van der Waals surface area contributed by atoms with Crippen LogP contribution < -0.4 is 10.6 Å². The molecule has 198 valence electrons. The molecule has 0 radical (unpaired) electrons. The first-order valence-electron chi connectivity index (χ1n) is 13.3. The highest BCUT2D eigenvalue weighted by molar-refractivity contribution is 6.10. The molecule has 2 saturated heterocycles. The molecular formula is C29H34N6O3. The van der Waals surface area contributed by atoms with Crippen LogP contribution in [-0.4, -0.2) is 70.7 Å². The summed E-state index contributed by atoms with van der Waals surface area (Å²) in [6.45, 7) is 4.12. The lowest BCUT2D eigenvalue weighted by Crippen LogP contribution is -2.45. The van der Waals surface area contributed by atoms with Crippen molar-refractivity contribution in [1.82, 2.24) is 20.1 Å². The minimum atomic E-state index is -0.695. The Morgan fingerprint density at radius 1 is 1.00 bits per heavy atom. The van der Waals surface area contributed by atoms with Crippen LogP contribution in [0.4, 0.5) is 5.69 Å². The van der Waals surface area contributed by atoms with Gasteiger partial charge in [-0.05, 0) is 74.7 Å². The van der Waals surface area contributed by atoms with Gasteiger partial charge in [-0.2, -0.15) is 0 Å². The Kier molecular flexibility index (Phi) is 7.72. The molecule has 3 amide bonds. The number of aryl methyl sites for hydroxylation is 1. The van der Waals surface area contributed by atoms with E-state index in [4.69, 9.17) is 4.99 Å². The Bertz CT molecular complexity index is 1340. The van der Waals surface area contributed by atoms with E-state index in [1.54, 1.807) is 29.2 Å². The Morgan fingerprint density at radius 2 is 1.76 bits per heavy atom. The average Bonchev–Trinajstić information content (AvgIpc) is 3.55. The zero-order valence-electron chi connectivity index (χ0n) is 21.7. The van der Waals surface area contributed by atoms with E-state index in [0.717, 1.165) is 61.1 Å². The van der Waals surface area contributed by atoms with E-state index in [9.17, 15) is 14.4 Å². The van der Waals surface area contributed by atoms with Crippen molar-refractivity contribution in [3.63, 3.8) is 0 Å². The van der Waals surface area contributed by atoms with Gasteiger partial charge in [0, 0.05) is 42.1 Å². The van der Waals surface area contributed by atoms with Gasteiger partial charge in [-0.1, -0.05) is 24.3 Å². The molecule has 0 saturated carbocycles. The monoisotopic (exact) mass is 514 g/mol. The van der Waals surface area contributed by atoms with Crippen LogP contribution in [0.3, 0.4) is 0 Å². The summed E-state index contributed by atoms with van der Waals surface area (Å²) in [5, 5.41) is 7.17. The number of guanidine groups is 1. The van der Waals surface area contributed by atoms with Gasteiger partial charge in [-0.25, -0.2) is 4.99 Å². The fourth-order valence-electron chi connectivity index (χ4n) is 5.10. The van der Waals surface area contributed by atoms with Crippen molar-refractivity contribution >= 4 is 40.3 Å². The number of nitrogens with zero attached hydrogens (tertiary/aromatic N) is 3. The van der Waals surface area contributed by atoms with Crippen LogP contribution in [0.1, 0.15) is 48.2 Å². The molecule has 2 aliphatic rings. The molecule has 3 aromatic rings. The fourth-order valence-corrected chi connectivity index (χ4v) is 5.10. The third kappa shape index (κ3) is 6.04. The molecule has 1 aromatic heterocycles. The molecule has 5 rings (SSSR count). The summed E-state index contributed by atoms with van der Waals surface area (Å²) in [4.78, 5) is 50.8. The lowest BCUT2D eigenvalue weighted by molar-refractivity contribution is -0.140. The summed E-state index contributed by atoms with van der Waals surface area (Å²) < 4.78 is 0. The molecule has 38 heavy (non-hydrogen) atoms. The number of aromatic nitrogens is 1. The molecular weight excluding hydrogens is 480 g/mol. The molecule has 2 aromatic carbocycles. The van der Waals surface area contributed by atoms with Gasteiger partial charge in [0.2, 0.25) is 17.8 Å². The zero-order chi connectivity index (χ0) is 26.5. The molecule has 3 N–H and O–H groups in total. The smallest absolute Gasteiger partial charge is 0.257 e. The number of H-pyrrole nitrogens is 1. The van der Waals surface area contributed by atoms with E-state index in [1.807, 2.05) is 36.1 Å². The van der Waals surface area contributed by atoms with Gasteiger partial charge in [0.1, 0.15) is 6.04 Å². The topological polar surface area (TPSA) is 110 Å². The van der Waals surface area contributed by atoms with Crippen LogP contribution in [0.15, 0.2) is 59.6 Å². The second kappa shape index (κ2) is 11.5. The van der Waals surface area contributed by atoms with Gasteiger partial charge in [0.25, 0.3) is 5.91 Å². The van der Waals surface area contributed by atoms with Gasteiger partial charge < -0.3 is 20.1 Å². The number of nitrogens with one attached hydrogen (secondary N) is 3. The molecule has 0 aliphatic carbocycles. The summed E-state index contributed by atoms with van der Waals surface area (Å²) in [6.07, 6.45) is 4.19. The van der Waals surface area contributed by atoms with E-state index < -0.39 is 6.04 Å². The lowest BCUT2D eigenvalue weighted by atomic mass is 10.1. The van der Waals surface area contributed by atoms with Crippen molar-refractivity contribution in [1.29, 1.82) is 0 Å². The number of benzene rings is 2. The maximum absolute atomic E-state index is 13.5. The van der Waals surface area contributed by atoms with Gasteiger partial charge >= 0.3 is 0 Å². The van der Waals surface area contributed by atoms with Crippen LogP contribution in [0.2, 0.25) is 0 Å². The number of fused-ring (bicyclic) bond motifs is 1. The van der Waals surface area contributed by atoms with Crippen molar-refractivity contribution < 1.29 is 14.4 Å². The van der Waals surface area contributed by atoms with Crippen LogP contribution in [0.5, 0.6) is 0 Å². The van der Waals surface area contributed by atoms with E-state index in [-0.39, 0.29) is 30.2 Å².